The number of pyridine rings is 1. The minimum absolute atomic E-state index is 0.145. The Balaban J connectivity index is 2.09. The van der Waals surface area contributed by atoms with Crippen LogP contribution < -0.4 is 5.11 Å². The predicted molar refractivity (Wildman–Crippen MR) is 84.2 cm³/mol. The highest BCUT2D eigenvalue weighted by Crippen LogP contribution is 2.33. The zero-order valence-corrected chi connectivity index (χ0v) is 12.8. The summed E-state index contributed by atoms with van der Waals surface area (Å²) in [6, 6.07) is 13.4. The molecule has 0 spiro atoms. The van der Waals surface area contributed by atoms with E-state index in [1.807, 2.05) is 49.4 Å². The lowest BCUT2D eigenvalue weighted by Gasteiger charge is -2.03. The molecule has 0 atom stereocenters. The molecule has 0 saturated carbocycles. The van der Waals surface area contributed by atoms with Crippen LogP contribution >= 0.6 is 11.3 Å². The number of aliphatic carboxylic acids is 1. The first-order valence-electron chi connectivity index (χ1n) is 6.81. The number of hydrogen-bond acceptors (Lipinski definition) is 5. The summed E-state index contributed by atoms with van der Waals surface area (Å²) >= 11 is 1.35. The molecule has 22 heavy (non-hydrogen) atoms. The molecular formula is C17H13N2O2S-. The molecule has 3 aromatic rings. The van der Waals surface area contributed by atoms with Gasteiger partial charge in [-0.2, -0.15) is 0 Å². The average Bonchev–Trinajstić information content (AvgIpc) is 2.92. The van der Waals surface area contributed by atoms with Gasteiger partial charge in [0.25, 0.3) is 0 Å². The summed E-state index contributed by atoms with van der Waals surface area (Å²) < 4.78 is 0. The molecule has 1 aromatic carbocycles. The van der Waals surface area contributed by atoms with Gasteiger partial charge in [0, 0.05) is 29.0 Å². The first-order chi connectivity index (χ1) is 10.6. The van der Waals surface area contributed by atoms with Gasteiger partial charge in [0.05, 0.1) is 11.4 Å². The summed E-state index contributed by atoms with van der Waals surface area (Å²) in [6.07, 6.45) is 1.55. The highest BCUT2D eigenvalue weighted by molar-refractivity contribution is 7.15. The quantitative estimate of drug-likeness (QED) is 0.742. The number of carbonyl (C=O) groups excluding carboxylic acids is 1. The summed E-state index contributed by atoms with van der Waals surface area (Å²) in [5.41, 5.74) is 3.48. The van der Waals surface area contributed by atoms with Crippen molar-refractivity contribution in [2.75, 3.05) is 0 Å². The normalized spacial score (nSPS) is 10.6. The number of rotatable bonds is 4. The molecule has 0 unspecified atom stereocenters. The van der Waals surface area contributed by atoms with Crippen LogP contribution in [-0.4, -0.2) is 15.9 Å². The topological polar surface area (TPSA) is 65.9 Å². The lowest BCUT2D eigenvalue weighted by atomic mass is 10.1. The highest BCUT2D eigenvalue weighted by atomic mass is 32.1. The molecule has 0 radical (unpaired) electrons. The fourth-order valence-electron chi connectivity index (χ4n) is 2.14. The van der Waals surface area contributed by atoms with Gasteiger partial charge in [0.15, 0.2) is 0 Å². The number of carbonyl (C=O) groups is 1. The van der Waals surface area contributed by atoms with Crippen LogP contribution in [0.3, 0.4) is 0 Å². The number of thiazole rings is 1. The summed E-state index contributed by atoms with van der Waals surface area (Å²) in [7, 11) is 0. The summed E-state index contributed by atoms with van der Waals surface area (Å²) in [4.78, 5) is 20.6. The number of carboxylic acid groups (broad SMARTS) is 1. The monoisotopic (exact) mass is 309 g/mol. The molecule has 3 rings (SSSR count). The van der Waals surface area contributed by atoms with Gasteiger partial charge in [0.1, 0.15) is 5.01 Å². The first kappa shape index (κ1) is 14.4. The number of aryl methyl sites for hydroxylation is 1. The van der Waals surface area contributed by atoms with E-state index >= 15 is 0 Å². The lowest BCUT2D eigenvalue weighted by molar-refractivity contribution is -0.304. The van der Waals surface area contributed by atoms with Crippen LogP contribution in [0.2, 0.25) is 0 Å². The number of nitrogens with zero attached hydrogens (tertiary/aromatic N) is 2. The van der Waals surface area contributed by atoms with Gasteiger partial charge in [-0.3, -0.25) is 4.98 Å². The Morgan fingerprint density at radius 3 is 2.59 bits per heavy atom. The molecule has 0 aliphatic carbocycles. The van der Waals surface area contributed by atoms with Crippen molar-refractivity contribution in [1.29, 1.82) is 0 Å². The standard InChI is InChI=1S/C17H14N2O2S/c1-11-5-7-12(8-6-11)16-14(10-15(20)21)22-17(19-16)13-4-2-3-9-18-13/h2-9H,10H2,1H3,(H,20,21)/p-1. The third-order valence-electron chi connectivity index (χ3n) is 3.21. The minimum atomic E-state index is -1.11. The van der Waals surface area contributed by atoms with Crippen molar-refractivity contribution in [3.63, 3.8) is 0 Å². The SMILES string of the molecule is Cc1ccc(-c2nc(-c3ccccn3)sc2CC(=O)[O-])cc1. The largest absolute Gasteiger partial charge is 0.550 e. The number of aromatic nitrogens is 2. The predicted octanol–water partition coefficient (Wildman–Crippen LogP) is 2.47. The Morgan fingerprint density at radius 1 is 1.18 bits per heavy atom. The molecule has 0 amide bonds. The molecule has 0 fully saturated rings. The second-order valence-corrected chi connectivity index (χ2v) is 6.00. The van der Waals surface area contributed by atoms with Crippen molar-refractivity contribution < 1.29 is 9.90 Å². The van der Waals surface area contributed by atoms with Crippen LogP contribution in [0.4, 0.5) is 0 Å². The molecule has 4 nitrogen and oxygen atoms in total. The molecule has 2 heterocycles. The van der Waals surface area contributed by atoms with E-state index in [1.54, 1.807) is 6.20 Å². The van der Waals surface area contributed by atoms with E-state index in [9.17, 15) is 9.90 Å². The zero-order valence-electron chi connectivity index (χ0n) is 11.9. The maximum Gasteiger partial charge on any atom is 0.142 e. The summed E-state index contributed by atoms with van der Waals surface area (Å²) in [5, 5.41) is 11.7. The van der Waals surface area contributed by atoms with E-state index in [2.05, 4.69) is 9.97 Å². The Morgan fingerprint density at radius 2 is 1.95 bits per heavy atom. The summed E-state index contributed by atoms with van der Waals surface area (Å²) in [6.45, 7) is 2.01. The van der Waals surface area contributed by atoms with Crippen molar-refractivity contribution in [3.8, 4) is 22.0 Å². The fraction of sp³-hybridized carbons (Fsp3) is 0.118. The van der Waals surface area contributed by atoms with Crippen LogP contribution in [0.15, 0.2) is 48.7 Å². The van der Waals surface area contributed by atoms with E-state index in [0.29, 0.717) is 15.6 Å². The van der Waals surface area contributed by atoms with Gasteiger partial charge in [0.2, 0.25) is 0 Å². The van der Waals surface area contributed by atoms with Crippen molar-refractivity contribution in [2.24, 2.45) is 0 Å². The Hall–Kier alpha value is -2.53. The molecule has 2 aromatic heterocycles. The third-order valence-corrected chi connectivity index (χ3v) is 4.29. The lowest BCUT2D eigenvalue weighted by Crippen LogP contribution is -2.24. The first-order valence-corrected chi connectivity index (χ1v) is 7.63. The summed E-state index contributed by atoms with van der Waals surface area (Å²) in [5.74, 6) is -1.11. The smallest absolute Gasteiger partial charge is 0.142 e. The van der Waals surface area contributed by atoms with E-state index in [-0.39, 0.29) is 6.42 Å². The van der Waals surface area contributed by atoms with E-state index in [0.717, 1.165) is 16.8 Å². The molecule has 0 bridgehead atoms. The van der Waals surface area contributed by atoms with Gasteiger partial charge in [-0.05, 0) is 19.1 Å². The maximum absolute atomic E-state index is 11.0. The van der Waals surface area contributed by atoms with Gasteiger partial charge >= 0.3 is 0 Å². The van der Waals surface area contributed by atoms with Crippen molar-refractivity contribution in [1.82, 2.24) is 9.97 Å². The van der Waals surface area contributed by atoms with Crippen LogP contribution in [0.5, 0.6) is 0 Å². The highest BCUT2D eigenvalue weighted by Gasteiger charge is 2.15. The Labute approximate surface area is 132 Å². The second kappa shape index (κ2) is 6.07. The van der Waals surface area contributed by atoms with Crippen LogP contribution in [0.1, 0.15) is 10.4 Å². The molecule has 0 aliphatic rings. The van der Waals surface area contributed by atoms with Crippen LogP contribution in [-0.2, 0) is 11.2 Å². The Kier molecular flexibility index (Phi) is 3.98. The van der Waals surface area contributed by atoms with E-state index < -0.39 is 5.97 Å². The number of hydrogen-bond donors (Lipinski definition) is 0. The van der Waals surface area contributed by atoms with Gasteiger partial charge in [-0.1, -0.05) is 35.9 Å². The molecule has 5 heteroatoms. The average molecular weight is 309 g/mol. The van der Waals surface area contributed by atoms with Gasteiger partial charge in [-0.15, -0.1) is 11.3 Å². The van der Waals surface area contributed by atoms with Crippen LogP contribution in [0, 0.1) is 6.92 Å². The van der Waals surface area contributed by atoms with E-state index in [4.69, 9.17) is 0 Å². The maximum atomic E-state index is 11.0. The number of benzene rings is 1. The minimum Gasteiger partial charge on any atom is -0.550 e. The van der Waals surface area contributed by atoms with Crippen molar-refractivity contribution in [3.05, 3.63) is 59.1 Å². The molecular weight excluding hydrogens is 296 g/mol. The zero-order chi connectivity index (χ0) is 15.5. The number of carboxylic acids is 1. The van der Waals surface area contributed by atoms with Crippen molar-refractivity contribution >= 4 is 17.3 Å². The third kappa shape index (κ3) is 3.04. The molecule has 0 N–H and O–H groups in total. The fourth-order valence-corrected chi connectivity index (χ4v) is 3.18. The Bertz CT molecular complexity index is 795. The van der Waals surface area contributed by atoms with E-state index in [1.165, 1.54) is 11.3 Å². The van der Waals surface area contributed by atoms with Crippen LogP contribution in [0.25, 0.3) is 22.0 Å². The van der Waals surface area contributed by atoms with Gasteiger partial charge < -0.3 is 9.90 Å². The molecule has 0 saturated heterocycles. The molecule has 110 valence electrons. The van der Waals surface area contributed by atoms with Gasteiger partial charge in [-0.25, -0.2) is 4.98 Å². The second-order valence-electron chi connectivity index (χ2n) is 4.92. The molecule has 0 aliphatic heterocycles. The van der Waals surface area contributed by atoms with Crippen molar-refractivity contribution in [2.45, 2.75) is 13.3 Å².